The molecule has 1 aromatic carbocycles. The molecular weight excluding hydrogens is 387 g/mol. The van der Waals surface area contributed by atoms with Crippen LogP contribution in [0.15, 0.2) is 28.9 Å². The number of carbonyl (C=O) groups is 1. The zero-order valence-electron chi connectivity index (χ0n) is 17.0. The normalized spacial score (nSPS) is 15.8. The Labute approximate surface area is 171 Å². The van der Waals surface area contributed by atoms with Gasteiger partial charge in [0.2, 0.25) is 5.71 Å². The van der Waals surface area contributed by atoms with Crippen LogP contribution in [0.25, 0.3) is 11.1 Å². The highest BCUT2D eigenvalue weighted by atomic mass is 31.0. The first kappa shape index (κ1) is 19.6. The molecule has 2 N–H and O–H groups in total. The number of hydrogen-bond acceptors (Lipinski definition) is 6. The molecule has 0 radical (unpaired) electrons. The predicted molar refractivity (Wildman–Crippen MR) is 116 cm³/mol. The number of aryl methyl sites for hydroxylation is 1. The van der Waals surface area contributed by atoms with E-state index in [-0.39, 0.29) is 17.5 Å². The number of rotatable bonds is 6. The zero-order valence-corrected chi connectivity index (χ0v) is 18.2. The molecule has 29 heavy (non-hydrogen) atoms. The molecule has 0 aliphatic heterocycles. The number of nitrogens with zero attached hydrogens (tertiary/aromatic N) is 2. The molecule has 1 amide bonds. The molecule has 152 valence electrons. The fourth-order valence-electron chi connectivity index (χ4n) is 3.39. The van der Waals surface area contributed by atoms with Gasteiger partial charge in [0.25, 0.3) is 5.91 Å². The van der Waals surface area contributed by atoms with Crippen molar-refractivity contribution in [3.8, 4) is 5.75 Å². The zero-order chi connectivity index (χ0) is 20.8. The summed E-state index contributed by atoms with van der Waals surface area (Å²) in [4.78, 5) is 21.8. The molecule has 2 heterocycles. The van der Waals surface area contributed by atoms with Gasteiger partial charge in [-0.05, 0) is 51.3 Å². The summed E-state index contributed by atoms with van der Waals surface area (Å²) >= 11 is 0. The van der Waals surface area contributed by atoms with Crippen LogP contribution in [0.4, 0.5) is 5.82 Å². The second kappa shape index (κ2) is 7.30. The first-order valence-corrected chi connectivity index (χ1v) is 10.2. The third-order valence-electron chi connectivity index (χ3n) is 5.41. The Bertz CT molecular complexity index is 1090. The first-order chi connectivity index (χ1) is 13.8. The largest absolute Gasteiger partial charge is 0.496 e. The van der Waals surface area contributed by atoms with Crippen LogP contribution in [0.2, 0.25) is 0 Å². The lowest BCUT2D eigenvalue weighted by Crippen LogP contribution is -2.27. The molecule has 1 saturated carbocycles. The van der Waals surface area contributed by atoms with Gasteiger partial charge >= 0.3 is 0 Å². The number of ether oxygens (including phenoxy) is 1. The Kier molecular flexibility index (Phi) is 4.95. The number of anilines is 1. The minimum absolute atomic E-state index is 0.0196. The van der Waals surface area contributed by atoms with Crippen LogP contribution < -0.4 is 20.7 Å². The van der Waals surface area contributed by atoms with Crippen molar-refractivity contribution in [1.82, 2.24) is 15.3 Å². The van der Waals surface area contributed by atoms with E-state index in [9.17, 15) is 4.79 Å². The van der Waals surface area contributed by atoms with E-state index in [1.54, 1.807) is 14.0 Å². The van der Waals surface area contributed by atoms with E-state index in [2.05, 4.69) is 36.8 Å². The van der Waals surface area contributed by atoms with E-state index in [0.717, 1.165) is 29.5 Å². The molecule has 3 aromatic rings. The second-order valence-corrected chi connectivity index (χ2v) is 8.44. The summed E-state index contributed by atoms with van der Waals surface area (Å²) in [5.74, 6) is 1.74. The fourth-order valence-corrected chi connectivity index (χ4v) is 3.79. The lowest BCUT2D eigenvalue weighted by Gasteiger charge is -2.17. The standard InChI is InChI=1S/C21H25N4O3P/c1-11(13-5-6-14(27-4)15(29)9-13)24-19(26)16-12(2)28-20-17(16)18(22-10-23-20)25-21(3)7-8-21/h5-6,9-11H,7-8,29H2,1-4H3,(H,24,26)(H,22,23,25). The summed E-state index contributed by atoms with van der Waals surface area (Å²) in [7, 11) is 4.29. The van der Waals surface area contributed by atoms with Gasteiger partial charge in [0, 0.05) is 10.8 Å². The van der Waals surface area contributed by atoms with E-state index in [0.29, 0.717) is 28.2 Å². The van der Waals surface area contributed by atoms with Crippen molar-refractivity contribution >= 4 is 37.4 Å². The van der Waals surface area contributed by atoms with Crippen LogP contribution in [0, 0.1) is 6.92 Å². The van der Waals surface area contributed by atoms with Gasteiger partial charge in [0.1, 0.15) is 23.7 Å². The van der Waals surface area contributed by atoms with Crippen molar-refractivity contribution in [2.45, 2.75) is 45.2 Å². The molecule has 0 bridgehead atoms. The van der Waals surface area contributed by atoms with Gasteiger partial charge in [-0.2, -0.15) is 0 Å². The molecule has 8 heteroatoms. The van der Waals surface area contributed by atoms with Crippen molar-refractivity contribution in [3.63, 3.8) is 0 Å². The Morgan fingerprint density at radius 1 is 1.34 bits per heavy atom. The van der Waals surface area contributed by atoms with Crippen LogP contribution in [-0.4, -0.2) is 28.5 Å². The fraction of sp³-hybridized carbons (Fsp3) is 0.381. The molecule has 1 aliphatic rings. The summed E-state index contributed by atoms with van der Waals surface area (Å²) in [5.41, 5.74) is 1.89. The maximum atomic E-state index is 13.2. The van der Waals surface area contributed by atoms with E-state index >= 15 is 0 Å². The number of furan rings is 1. The van der Waals surface area contributed by atoms with Crippen molar-refractivity contribution in [2.24, 2.45) is 0 Å². The van der Waals surface area contributed by atoms with Crippen molar-refractivity contribution in [2.75, 3.05) is 12.4 Å². The number of carbonyl (C=O) groups excluding carboxylic acids is 1. The molecule has 0 spiro atoms. The molecule has 2 unspecified atom stereocenters. The molecule has 1 aliphatic carbocycles. The Balaban J connectivity index is 1.64. The Morgan fingerprint density at radius 2 is 2.10 bits per heavy atom. The number of hydrogen-bond donors (Lipinski definition) is 2. The third-order valence-corrected chi connectivity index (χ3v) is 5.86. The number of benzene rings is 1. The summed E-state index contributed by atoms with van der Waals surface area (Å²) in [6.07, 6.45) is 3.60. The highest BCUT2D eigenvalue weighted by Gasteiger charge is 2.38. The quantitative estimate of drug-likeness (QED) is 0.603. The van der Waals surface area contributed by atoms with E-state index < -0.39 is 0 Å². The summed E-state index contributed by atoms with van der Waals surface area (Å²) < 4.78 is 11.1. The molecule has 1 fully saturated rings. The number of fused-ring (bicyclic) bond motifs is 1. The number of amides is 1. The molecular formula is C21H25N4O3P. The van der Waals surface area contributed by atoms with Gasteiger partial charge in [-0.15, -0.1) is 9.24 Å². The number of methoxy groups -OCH3 is 1. The first-order valence-electron chi connectivity index (χ1n) is 9.58. The smallest absolute Gasteiger partial charge is 0.256 e. The molecule has 0 saturated heterocycles. The molecule has 4 rings (SSSR count). The van der Waals surface area contributed by atoms with Crippen molar-refractivity contribution < 1.29 is 13.9 Å². The summed E-state index contributed by atoms with van der Waals surface area (Å²) in [5, 5.41) is 8.08. The van der Waals surface area contributed by atoms with Gasteiger partial charge < -0.3 is 19.8 Å². The highest BCUT2D eigenvalue weighted by Crippen LogP contribution is 2.40. The minimum Gasteiger partial charge on any atom is -0.496 e. The molecule has 2 atom stereocenters. The minimum atomic E-state index is -0.214. The van der Waals surface area contributed by atoms with Crippen molar-refractivity contribution in [3.05, 3.63) is 41.4 Å². The summed E-state index contributed by atoms with van der Waals surface area (Å²) in [6, 6.07) is 5.63. The average molecular weight is 412 g/mol. The second-order valence-electron chi connectivity index (χ2n) is 7.82. The Hall–Kier alpha value is -2.66. The van der Waals surface area contributed by atoms with Crippen LogP contribution in [0.1, 0.15) is 54.4 Å². The highest BCUT2D eigenvalue weighted by molar-refractivity contribution is 7.27. The van der Waals surface area contributed by atoms with Gasteiger partial charge in [-0.25, -0.2) is 9.97 Å². The maximum absolute atomic E-state index is 13.2. The topological polar surface area (TPSA) is 89.3 Å². The lowest BCUT2D eigenvalue weighted by atomic mass is 10.1. The van der Waals surface area contributed by atoms with E-state index in [1.165, 1.54) is 6.33 Å². The van der Waals surface area contributed by atoms with Crippen LogP contribution in [-0.2, 0) is 0 Å². The molecule has 7 nitrogen and oxygen atoms in total. The SMILES string of the molecule is COc1ccc(C(C)NC(=O)c2c(C)oc3ncnc(NC4(C)CC4)c23)cc1P. The van der Waals surface area contributed by atoms with Gasteiger partial charge in [-0.3, -0.25) is 4.79 Å². The predicted octanol–water partition coefficient (Wildman–Crippen LogP) is 3.50. The van der Waals surface area contributed by atoms with E-state index in [1.807, 2.05) is 25.1 Å². The monoisotopic (exact) mass is 412 g/mol. The van der Waals surface area contributed by atoms with Crippen molar-refractivity contribution in [1.29, 1.82) is 0 Å². The van der Waals surface area contributed by atoms with Crippen LogP contribution in [0.5, 0.6) is 5.75 Å². The Morgan fingerprint density at radius 3 is 2.76 bits per heavy atom. The van der Waals surface area contributed by atoms with Crippen LogP contribution in [0.3, 0.4) is 0 Å². The number of aromatic nitrogens is 2. The van der Waals surface area contributed by atoms with E-state index in [4.69, 9.17) is 9.15 Å². The molecule has 2 aromatic heterocycles. The number of nitrogens with one attached hydrogen (secondary N) is 2. The van der Waals surface area contributed by atoms with Gasteiger partial charge in [0.05, 0.1) is 24.1 Å². The maximum Gasteiger partial charge on any atom is 0.256 e. The van der Waals surface area contributed by atoms with Gasteiger partial charge in [-0.1, -0.05) is 6.07 Å². The lowest BCUT2D eigenvalue weighted by molar-refractivity contribution is 0.0940. The average Bonchev–Trinajstić information content (AvgIpc) is 3.29. The third kappa shape index (κ3) is 3.79. The van der Waals surface area contributed by atoms with Gasteiger partial charge in [0.15, 0.2) is 0 Å². The summed E-state index contributed by atoms with van der Waals surface area (Å²) in [6.45, 7) is 5.86. The van der Waals surface area contributed by atoms with Crippen LogP contribution >= 0.6 is 9.24 Å².